The van der Waals surface area contributed by atoms with Crippen molar-refractivity contribution >= 4 is 54.7 Å². The van der Waals surface area contributed by atoms with E-state index < -0.39 is 11.6 Å². The number of ether oxygens (including phenoxy) is 3. The molecule has 0 amide bonds. The van der Waals surface area contributed by atoms with E-state index in [1.54, 1.807) is 0 Å². The Hall–Kier alpha value is -3.50. The number of hydrogen-bond donors (Lipinski definition) is 1. The van der Waals surface area contributed by atoms with Crippen molar-refractivity contribution in [1.29, 1.82) is 5.26 Å². The number of nitriles is 1. The first-order chi connectivity index (χ1) is 21.3. The van der Waals surface area contributed by atoms with Crippen molar-refractivity contribution < 1.29 is 23.0 Å². The number of aromatic nitrogens is 2. The van der Waals surface area contributed by atoms with E-state index in [-0.39, 0.29) is 78.9 Å². The molecule has 2 saturated heterocycles. The molecule has 9 nitrogen and oxygen atoms in total. The fourth-order valence-electron chi connectivity index (χ4n) is 6.85. The molecular formula is C31H31ClF2N6O3S. The minimum Gasteiger partial charge on any atom is -0.489 e. The third kappa shape index (κ3) is 4.68. The van der Waals surface area contributed by atoms with Crippen LogP contribution in [0.4, 0.5) is 19.6 Å². The summed E-state index contributed by atoms with van der Waals surface area (Å²) in [6.45, 7) is 4.92. The third-order valence-corrected chi connectivity index (χ3v) is 10.4. The summed E-state index contributed by atoms with van der Waals surface area (Å²) in [5.74, 6) is -0.582. The van der Waals surface area contributed by atoms with Gasteiger partial charge in [0.1, 0.15) is 40.9 Å². The number of anilines is 2. The largest absolute Gasteiger partial charge is 0.489 e. The Morgan fingerprint density at radius 1 is 1.16 bits per heavy atom. The van der Waals surface area contributed by atoms with Crippen molar-refractivity contribution in [1.82, 2.24) is 14.9 Å². The van der Waals surface area contributed by atoms with Crippen LogP contribution in [0.25, 0.3) is 32.1 Å². The Morgan fingerprint density at radius 3 is 2.68 bits per heavy atom. The topological polar surface area (TPSA) is 110 Å². The van der Waals surface area contributed by atoms with Gasteiger partial charge in [-0.25, -0.2) is 8.78 Å². The van der Waals surface area contributed by atoms with Crippen LogP contribution in [0, 0.1) is 23.0 Å². The lowest BCUT2D eigenvalue weighted by Gasteiger charge is -2.34. The predicted molar refractivity (Wildman–Crippen MR) is 167 cm³/mol. The highest BCUT2D eigenvalue weighted by molar-refractivity contribution is 7.23. The average molecular weight is 641 g/mol. The SMILES string of the molecule is C[C@H](Oc1nc2c3c(c(Cl)c(-c4ccc(F)c5sc(N)c(C#N)c45)c(F)c3n1)OCCN2C1CCOCC1)[C@@H]1CCCN1C. The second-order valence-corrected chi connectivity index (χ2v) is 13.0. The molecule has 2 aromatic heterocycles. The molecule has 5 heterocycles. The van der Waals surface area contributed by atoms with Crippen LogP contribution in [0.15, 0.2) is 12.1 Å². The second kappa shape index (κ2) is 11.5. The quantitative estimate of drug-likeness (QED) is 0.275. The zero-order chi connectivity index (χ0) is 30.7. The summed E-state index contributed by atoms with van der Waals surface area (Å²) >= 11 is 7.94. The van der Waals surface area contributed by atoms with Crippen LogP contribution >= 0.6 is 22.9 Å². The van der Waals surface area contributed by atoms with Gasteiger partial charge in [-0.3, -0.25) is 4.90 Å². The van der Waals surface area contributed by atoms with E-state index in [0.717, 1.165) is 43.6 Å². The molecule has 0 saturated carbocycles. The molecule has 2 aromatic carbocycles. The van der Waals surface area contributed by atoms with E-state index in [2.05, 4.69) is 21.8 Å². The molecule has 0 radical (unpaired) electrons. The maximum atomic E-state index is 17.1. The van der Waals surface area contributed by atoms with Crippen molar-refractivity contribution in [2.75, 3.05) is 50.6 Å². The number of fused-ring (bicyclic) bond motifs is 1. The summed E-state index contributed by atoms with van der Waals surface area (Å²) in [6.07, 6.45) is 3.35. The minimum atomic E-state index is -0.744. The Labute approximate surface area is 262 Å². The second-order valence-electron chi connectivity index (χ2n) is 11.5. The van der Waals surface area contributed by atoms with Crippen LogP contribution in [0.5, 0.6) is 11.8 Å². The lowest BCUT2D eigenvalue weighted by atomic mass is 9.96. The van der Waals surface area contributed by atoms with Gasteiger partial charge in [0.05, 0.1) is 27.2 Å². The van der Waals surface area contributed by atoms with Gasteiger partial charge in [0.15, 0.2) is 11.6 Å². The molecule has 2 atom stereocenters. The summed E-state index contributed by atoms with van der Waals surface area (Å²) in [4.78, 5) is 13.9. The van der Waals surface area contributed by atoms with Crippen LogP contribution in [0.3, 0.4) is 0 Å². The molecule has 2 fully saturated rings. The highest BCUT2D eigenvalue weighted by Gasteiger charge is 2.35. The smallest absolute Gasteiger partial charge is 0.319 e. The van der Waals surface area contributed by atoms with Crippen molar-refractivity contribution in [3.05, 3.63) is 34.4 Å². The maximum absolute atomic E-state index is 17.1. The van der Waals surface area contributed by atoms with E-state index >= 15 is 4.39 Å². The third-order valence-electron chi connectivity index (χ3n) is 9.03. The fraction of sp³-hybridized carbons (Fsp3) is 0.452. The van der Waals surface area contributed by atoms with E-state index in [0.29, 0.717) is 31.0 Å². The van der Waals surface area contributed by atoms with E-state index in [1.165, 1.54) is 12.1 Å². The maximum Gasteiger partial charge on any atom is 0.319 e. The van der Waals surface area contributed by atoms with Crippen LogP contribution in [0.2, 0.25) is 5.02 Å². The number of hydrogen-bond acceptors (Lipinski definition) is 10. The molecule has 13 heteroatoms. The zero-order valence-electron chi connectivity index (χ0n) is 24.3. The first-order valence-electron chi connectivity index (χ1n) is 14.8. The van der Waals surface area contributed by atoms with Gasteiger partial charge in [-0.2, -0.15) is 15.2 Å². The number of nitrogens with two attached hydrogens (primary N) is 1. The minimum absolute atomic E-state index is 0.00939. The first-order valence-corrected chi connectivity index (χ1v) is 16.0. The Bertz CT molecular complexity index is 1820. The number of likely N-dealkylation sites (N-methyl/N-ethyl adjacent to an activating group) is 1. The molecule has 0 aliphatic carbocycles. The number of benzene rings is 2. The number of halogens is 3. The van der Waals surface area contributed by atoms with E-state index in [4.69, 9.17) is 36.5 Å². The van der Waals surface area contributed by atoms with Gasteiger partial charge in [0.2, 0.25) is 0 Å². The number of likely N-dealkylation sites (tertiary alicyclic amines) is 1. The molecule has 2 N–H and O–H groups in total. The summed E-state index contributed by atoms with van der Waals surface area (Å²) in [7, 11) is 2.06. The van der Waals surface area contributed by atoms with Crippen LogP contribution < -0.4 is 20.1 Å². The van der Waals surface area contributed by atoms with Gasteiger partial charge < -0.3 is 24.8 Å². The van der Waals surface area contributed by atoms with Gasteiger partial charge in [0, 0.05) is 36.2 Å². The standard InChI is InChI=1S/C31H31ClF2N6O3S/c1-15(20-4-3-9-39(20)2)43-31-37-26-23-27(42-13-10-40(30(23)38-31)16-7-11-41-12-8-16)24(32)22(25(26)34)17-5-6-19(33)28-21(17)18(14-35)29(36)44-28/h5-6,15-16,20H,3-4,7-13,36H2,1-2H3/t15-,20-/m0/s1. The van der Waals surface area contributed by atoms with E-state index in [1.807, 2.05) is 13.0 Å². The average Bonchev–Trinajstić information content (AvgIpc) is 3.54. The van der Waals surface area contributed by atoms with Crippen LogP contribution in [-0.4, -0.2) is 73.0 Å². The molecule has 0 unspecified atom stereocenters. The molecule has 0 spiro atoms. The molecule has 230 valence electrons. The highest BCUT2D eigenvalue weighted by Crippen LogP contribution is 2.51. The number of rotatable bonds is 5. The molecule has 4 aromatic rings. The molecular weight excluding hydrogens is 610 g/mol. The fourth-order valence-corrected chi connectivity index (χ4v) is 8.14. The van der Waals surface area contributed by atoms with Crippen LogP contribution in [-0.2, 0) is 4.74 Å². The number of nitrogens with zero attached hydrogens (tertiary/aromatic N) is 5. The van der Waals surface area contributed by atoms with Gasteiger partial charge in [-0.1, -0.05) is 17.7 Å². The molecule has 3 aliphatic rings. The zero-order valence-corrected chi connectivity index (χ0v) is 25.9. The van der Waals surface area contributed by atoms with Crippen LogP contribution in [0.1, 0.15) is 38.2 Å². The lowest BCUT2D eigenvalue weighted by Crippen LogP contribution is -2.42. The van der Waals surface area contributed by atoms with E-state index in [9.17, 15) is 9.65 Å². The highest BCUT2D eigenvalue weighted by atomic mass is 35.5. The first kappa shape index (κ1) is 29.2. The molecule has 44 heavy (non-hydrogen) atoms. The van der Waals surface area contributed by atoms with Crippen molar-refractivity contribution in [3.63, 3.8) is 0 Å². The molecule has 0 bridgehead atoms. The Kier molecular flexibility index (Phi) is 7.61. The molecule has 3 aliphatic heterocycles. The van der Waals surface area contributed by atoms with Gasteiger partial charge in [-0.05, 0) is 57.8 Å². The summed E-state index contributed by atoms with van der Waals surface area (Å²) < 4.78 is 50.3. The lowest BCUT2D eigenvalue weighted by molar-refractivity contribution is 0.0837. The summed E-state index contributed by atoms with van der Waals surface area (Å²) in [6, 6.07) is 5.00. The normalized spacial score (nSPS) is 20.1. The summed E-state index contributed by atoms with van der Waals surface area (Å²) in [5.41, 5.74) is 6.31. The van der Waals surface area contributed by atoms with Gasteiger partial charge in [0.25, 0.3) is 0 Å². The van der Waals surface area contributed by atoms with Crippen molar-refractivity contribution in [2.45, 2.75) is 50.8 Å². The van der Waals surface area contributed by atoms with Gasteiger partial charge in [-0.15, -0.1) is 11.3 Å². The number of thiophene rings is 1. The predicted octanol–water partition coefficient (Wildman–Crippen LogP) is 6.14. The van der Waals surface area contributed by atoms with Crippen molar-refractivity contribution in [3.8, 4) is 29.0 Å². The van der Waals surface area contributed by atoms with Gasteiger partial charge >= 0.3 is 6.01 Å². The number of nitrogen functional groups attached to an aromatic ring is 1. The van der Waals surface area contributed by atoms with Crippen molar-refractivity contribution in [2.24, 2.45) is 0 Å². The Balaban J connectivity index is 1.48. The Morgan fingerprint density at radius 2 is 1.95 bits per heavy atom. The summed E-state index contributed by atoms with van der Waals surface area (Å²) in [5, 5.41) is 10.6. The molecule has 7 rings (SSSR count). The monoisotopic (exact) mass is 640 g/mol.